The number of nitrogens with one attached hydrogen (secondary N) is 1. The number of ether oxygens (including phenoxy) is 1. The van der Waals surface area contributed by atoms with E-state index in [9.17, 15) is 4.79 Å². The first-order valence-electron chi connectivity index (χ1n) is 7.53. The molecule has 0 unspecified atom stereocenters. The van der Waals surface area contributed by atoms with Gasteiger partial charge < -0.3 is 15.0 Å². The van der Waals surface area contributed by atoms with Crippen LogP contribution in [0, 0.1) is 6.92 Å². The molecule has 118 valence electrons. The Labute approximate surface area is 128 Å². The van der Waals surface area contributed by atoms with Gasteiger partial charge in [-0.15, -0.1) is 0 Å². The number of carbonyl (C=O) groups is 1. The van der Waals surface area contributed by atoms with E-state index in [4.69, 9.17) is 4.74 Å². The van der Waals surface area contributed by atoms with Crippen LogP contribution >= 0.6 is 0 Å². The number of hydrogen-bond acceptors (Lipinski definition) is 3. The van der Waals surface area contributed by atoms with Gasteiger partial charge in [-0.3, -0.25) is 4.79 Å². The van der Waals surface area contributed by atoms with Gasteiger partial charge in [-0.05, 0) is 42.5 Å². The predicted molar refractivity (Wildman–Crippen MR) is 86.8 cm³/mol. The molecule has 0 aliphatic carbocycles. The number of hydrogen-bond donors (Lipinski definition) is 1. The lowest BCUT2D eigenvalue weighted by molar-refractivity contribution is -0.127. The predicted octanol–water partition coefficient (Wildman–Crippen LogP) is 2.69. The average Bonchev–Trinajstić information content (AvgIpc) is 2.40. The Hall–Kier alpha value is -1.55. The fourth-order valence-electron chi connectivity index (χ4n) is 2.13. The maximum atomic E-state index is 11.6. The number of aryl methyl sites for hydroxylation is 1. The zero-order chi connectivity index (χ0) is 16.0. The van der Waals surface area contributed by atoms with Crippen molar-refractivity contribution in [2.75, 3.05) is 27.2 Å². The molecule has 4 heteroatoms. The summed E-state index contributed by atoms with van der Waals surface area (Å²) >= 11 is 0. The lowest BCUT2D eigenvalue weighted by Gasteiger charge is -2.18. The quantitative estimate of drug-likeness (QED) is 0.840. The van der Waals surface area contributed by atoms with E-state index in [1.807, 2.05) is 6.92 Å². The molecule has 0 aromatic heterocycles. The van der Waals surface area contributed by atoms with Crippen molar-refractivity contribution in [3.8, 4) is 5.75 Å². The van der Waals surface area contributed by atoms with E-state index in [0.717, 1.165) is 5.75 Å². The largest absolute Gasteiger partial charge is 0.494 e. The van der Waals surface area contributed by atoms with Gasteiger partial charge in [0.15, 0.2) is 0 Å². The summed E-state index contributed by atoms with van der Waals surface area (Å²) in [6.45, 7) is 10.1. The zero-order valence-corrected chi connectivity index (χ0v) is 14.1. The van der Waals surface area contributed by atoms with E-state index in [1.54, 1.807) is 19.0 Å². The van der Waals surface area contributed by atoms with Crippen molar-refractivity contribution >= 4 is 5.91 Å². The summed E-state index contributed by atoms with van der Waals surface area (Å²) in [7, 11) is 3.53. The van der Waals surface area contributed by atoms with E-state index in [-0.39, 0.29) is 5.91 Å². The second-order valence-corrected chi connectivity index (χ2v) is 5.80. The van der Waals surface area contributed by atoms with Crippen molar-refractivity contribution < 1.29 is 9.53 Å². The molecule has 4 nitrogen and oxygen atoms in total. The number of rotatable bonds is 7. The Morgan fingerprint density at radius 3 is 2.52 bits per heavy atom. The summed E-state index contributed by atoms with van der Waals surface area (Å²) in [5.41, 5.74) is 3.62. The van der Waals surface area contributed by atoms with Gasteiger partial charge >= 0.3 is 0 Å². The molecule has 0 bridgehead atoms. The maximum Gasteiger partial charge on any atom is 0.236 e. The minimum Gasteiger partial charge on any atom is -0.494 e. The molecule has 0 atom stereocenters. The standard InChI is InChI=1S/C17H28N2O2/c1-7-21-16-8-13(4)14(9-15(16)12(2)3)10-18-11-17(20)19(5)6/h8-9,12,18H,7,10-11H2,1-6H3. The van der Waals surface area contributed by atoms with Gasteiger partial charge in [0.25, 0.3) is 0 Å². The van der Waals surface area contributed by atoms with Crippen molar-refractivity contribution in [3.63, 3.8) is 0 Å². The van der Waals surface area contributed by atoms with E-state index in [1.165, 1.54) is 16.7 Å². The van der Waals surface area contributed by atoms with Crippen LogP contribution in [0.5, 0.6) is 5.75 Å². The molecule has 0 saturated carbocycles. The molecule has 0 heterocycles. The van der Waals surface area contributed by atoms with Crippen LogP contribution in [-0.4, -0.2) is 38.1 Å². The summed E-state index contributed by atoms with van der Waals surface area (Å²) in [5.74, 6) is 1.47. The molecule has 1 aromatic rings. The molecule has 0 fully saturated rings. The zero-order valence-electron chi connectivity index (χ0n) is 14.1. The van der Waals surface area contributed by atoms with E-state index < -0.39 is 0 Å². The van der Waals surface area contributed by atoms with Crippen LogP contribution in [0.2, 0.25) is 0 Å². The Morgan fingerprint density at radius 1 is 1.33 bits per heavy atom. The Bertz CT molecular complexity index is 482. The van der Waals surface area contributed by atoms with Crippen molar-refractivity contribution in [1.29, 1.82) is 0 Å². The molecular formula is C17H28N2O2. The van der Waals surface area contributed by atoms with E-state index in [0.29, 0.717) is 25.6 Å². The van der Waals surface area contributed by atoms with Gasteiger partial charge in [0, 0.05) is 20.6 Å². The molecule has 0 aliphatic heterocycles. The number of nitrogens with zero attached hydrogens (tertiary/aromatic N) is 1. The van der Waals surface area contributed by atoms with Crippen molar-refractivity contribution in [3.05, 3.63) is 28.8 Å². The summed E-state index contributed by atoms with van der Waals surface area (Å²) in [4.78, 5) is 13.2. The number of amides is 1. The first kappa shape index (κ1) is 17.5. The molecule has 1 aromatic carbocycles. The minimum absolute atomic E-state index is 0.0858. The van der Waals surface area contributed by atoms with Crippen molar-refractivity contribution in [1.82, 2.24) is 10.2 Å². The SMILES string of the molecule is CCOc1cc(C)c(CNCC(=O)N(C)C)cc1C(C)C. The van der Waals surface area contributed by atoms with E-state index in [2.05, 4.69) is 38.2 Å². The van der Waals surface area contributed by atoms with Crippen LogP contribution in [-0.2, 0) is 11.3 Å². The third-order valence-corrected chi connectivity index (χ3v) is 3.48. The molecule has 0 radical (unpaired) electrons. The molecular weight excluding hydrogens is 264 g/mol. The second-order valence-electron chi connectivity index (χ2n) is 5.80. The Morgan fingerprint density at radius 2 is 2.00 bits per heavy atom. The fraction of sp³-hybridized carbons (Fsp3) is 0.588. The average molecular weight is 292 g/mol. The monoisotopic (exact) mass is 292 g/mol. The Kier molecular flexibility index (Phi) is 6.69. The van der Waals surface area contributed by atoms with Crippen molar-refractivity contribution in [2.45, 2.75) is 40.2 Å². The summed E-state index contributed by atoms with van der Waals surface area (Å²) in [6, 6.07) is 4.29. The highest BCUT2D eigenvalue weighted by molar-refractivity contribution is 5.77. The maximum absolute atomic E-state index is 11.6. The highest BCUT2D eigenvalue weighted by Gasteiger charge is 2.12. The number of benzene rings is 1. The lowest BCUT2D eigenvalue weighted by Crippen LogP contribution is -2.32. The third-order valence-electron chi connectivity index (χ3n) is 3.48. The molecule has 21 heavy (non-hydrogen) atoms. The Balaban J connectivity index is 2.83. The first-order valence-corrected chi connectivity index (χ1v) is 7.53. The number of likely N-dealkylation sites (N-methyl/N-ethyl adjacent to an activating group) is 1. The van der Waals surface area contributed by atoms with Gasteiger partial charge in [0.2, 0.25) is 5.91 Å². The van der Waals surface area contributed by atoms with Gasteiger partial charge in [-0.25, -0.2) is 0 Å². The normalized spacial score (nSPS) is 10.8. The topological polar surface area (TPSA) is 41.6 Å². The molecule has 1 amide bonds. The minimum atomic E-state index is 0.0858. The van der Waals surface area contributed by atoms with E-state index >= 15 is 0 Å². The van der Waals surface area contributed by atoms with Gasteiger partial charge in [-0.1, -0.05) is 19.9 Å². The summed E-state index contributed by atoms with van der Waals surface area (Å²) in [6.07, 6.45) is 0. The van der Waals surface area contributed by atoms with Crippen molar-refractivity contribution in [2.24, 2.45) is 0 Å². The van der Waals surface area contributed by atoms with Gasteiger partial charge in [0.1, 0.15) is 5.75 Å². The van der Waals surface area contributed by atoms with Crippen LogP contribution < -0.4 is 10.1 Å². The second kappa shape index (κ2) is 8.03. The lowest BCUT2D eigenvalue weighted by atomic mass is 9.96. The third kappa shape index (κ3) is 5.05. The molecule has 1 N–H and O–H groups in total. The molecule has 0 spiro atoms. The highest BCUT2D eigenvalue weighted by Crippen LogP contribution is 2.29. The van der Waals surface area contributed by atoms with Gasteiger partial charge in [0.05, 0.1) is 13.2 Å². The van der Waals surface area contributed by atoms with Gasteiger partial charge in [-0.2, -0.15) is 0 Å². The van der Waals surface area contributed by atoms with Crippen LogP contribution in [0.15, 0.2) is 12.1 Å². The summed E-state index contributed by atoms with van der Waals surface area (Å²) in [5, 5.41) is 3.21. The smallest absolute Gasteiger partial charge is 0.236 e. The van der Waals surface area contributed by atoms with Crippen LogP contribution in [0.4, 0.5) is 0 Å². The van der Waals surface area contributed by atoms with Crippen LogP contribution in [0.3, 0.4) is 0 Å². The fourth-order valence-corrected chi connectivity index (χ4v) is 2.13. The molecule has 0 aliphatic rings. The first-order chi connectivity index (χ1) is 9.86. The summed E-state index contributed by atoms with van der Waals surface area (Å²) < 4.78 is 5.73. The number of carbonyl (C=O) groups excluding carboxylic acids is 1. The molecule has 1 rings (SSSR count). The van der Waals surface area contributed by atoms with Crippen LogP contribution in [0.1, 0.15) is 43.4 Å². The highest BCUT2D eigenvalue weighted by atomic mass is 16.5. The molecule has 0 saturated heterocycles. The van der Waals surface area contributed by atoms with Crippen LogP contribution in [0.25, 0.3) is 0 Å².